The number of rotatable bonds is 16. The molecule has 0 bridgehead atoms. The Kier molecular flexibility index (Phi) is 12.7. The van der Waals surface area contributed by atoms with Gasteiger partial charge in [0.05, 0.1) is 11.4 Å². The average Bonchev–Trinajstić information content (AvgIpc) is 4.18. The topological polar surface area (TPSA) is 32.8 Å². The van der Waals surface area contributed by atoms with Crippen LogP contribution in [0.2, 0.25) is 24.2 Å². The van der Waals surface area contributed by atoms with Gasteiger partial charge in [-0.25, -0.2) is 0 Å². The molecule has 4 heterocycles. The molecule has 0 aliphatic carbocycles. The minimum atomic E-state index is -2.34. The summed E-state index contributed by atoms with van der Waals surface area (Å²) < 4.78 is 13.8. The molecule has 6 heteroatoms. The van der Waals surface area contributed by atoms with Gasteiger partial charge in [0.15, 0.2) is 0 Å². The SMILES string of the molecule is CCCC[Si]1(CCCC)c2ccccc2N(c2cc(C(C)C)c3ccc4c(N5c6ccccc6[Si](CCCC)(CCCC)c6cc7c(cc65)oc5ccccc57)cc(C(C)C)c5ccc2c3c54)c2cc3oc4ccccc4c3cc21. The Bertz CT molecular complexity index is 4070. The van der Waals surface area contributed by atoms with Crippen molar-refractivity contribution in [2.24, 2.45) is 0 Å². The van der Waals surface area contributed by atoms with Crippen molar-refractivity contribution in [1.29, 1.82) is 0 Å². The number of fused-ring (bicyclic) bond motifs is 10. The molecule has 0 atom stereocenters. The van der Waals surface area contributed by atoms with Gasteiger partial charge in [-0.15, -0.1) is 0 Å². The van der Waals surface area contributed by atoms with Gasteiger partial charge < -0.3 is 18.6 Å². The predicted molar refractivity (Wildman–Crippen MR) is 351 cm³/mol. The molecule has 2 aliphatic heterocycles. The van der Waals surface area contributed by atoms with Crippen molar-refractivity contribution in [3.8, 4) is 0 Å². The molecule has 0 amide bonds. The molecule has 0 radical (unpaired) electrons. The van der Waals surface area contributed by atoms with Crippen molar-refractivity contribution < 1.29 is 8.83 Å². The lowest BCUT2D eigenvalue weighted by Crippen LogP contribution is -2.62. The van der Waals surface area contributed by atoms with Crippen LogP contribution in [0.15, 0.2) is 167 Å². The Morgan fingerprint density at radius 3 is 1.07 bits per heavy atom. The highest BCUT2D eigenvalue weighted by Gasteiger charge is 2.48. The Balaban J connectivity index is 1.09. The number of hydrogen-bond donors (Lipinski definition) is 0. The van der Waals surface area contributed by atoms with Crippen LogP contribution in [-0.2, 0) is 0 Å². The lowest BCUT2D eigenvalue weighted by Gasteiger charge is -2.45. The second-order valence-electron chi connectivity index (χ2n) is 24.6. The molecule has 0 unspecified atom stereocenters. The smallest absolute Gasteiger partial charge is 0.137 e. The van der Waals surface area contributed by atoms with E-state index >= 15 is 0 Å². The van der Waals surface area contributed by atoms with Gasteiger partial charge >= 0.3 is 0 Å². The van der Waals surface area contributed by atoms with E-state index < -0.39 is 16.1 Å². The largest absolute Gasteiger partial charge is 0.456 e. The quantitative estimate of drug-likeness (QED) is 0.0713. The van der Waals surface area contributed by atoms with Crippen LogP contribution in [0, 0.1) is 0 Å². The zero-order valence-corrected chi connectivity index (χ0v) is 50.4. The summed E-state index contributed by atoms with van der Waals surface area (Å²) in [4.78, 5) is 5.41. The first-order valence-corrected chi connectivity index (χ1v) is 35.5. The molecule has 2 aliphatic rings. The van der Waals surface area contributed by atoms with Crippen molar-refractivity contribution in [2.75, 3.05) is 9.80 Å². The molecule has 14 rings (SSSR count). The van der Waals surface area contributed by atoms with E-state index in [1.54, 1.807) is 20.7 Å². The zero-order valence-electron chi connectivity index (χ0n) is 48.4. The molecule has 0 fully saturated rings. The number of unbranched alkanes of at least 4 members (excludes halogenated alkanes) is 4. The summed E-state index contributed by atoms with van der Waals surface area (Å²) >= 11 is 0. The zero-order chi connectivity index (χ0) is 54.6. The van der Waals surface area contributed by atoms with Crippen molar-refractivity contribution in [2.45, 2.75) is 143 Å². The highest BCUT2D eigenvalue weighted by molar-refractivity contribution is 7.05. The van der Waals surface area contributed by atoms with Gasteiger partial charge in [-0.1, -0.05) is 204 Å². The molecular weight excluding hydrogens is 1000 g/mol. The number of nitrogens with zero attached hydrogens (tertiary/aromatic N) is 2. The van der Waals surface area contributed by atoms with Gasteiger partial charge in [0.1, 0.15) is 38.5 Å². The van der Waals surface area contributed by atoms with Crippen molar-refractivity contribution >= 4 is 147 Å². The van der Waals surface area contributed by atoms with Crippen molar-refractivity contribution in [3.63, 3.8) is 0 Å². The number of furan rings is 2. The molecular formula is C74H76N2O2Si2. The minimum absolute atomic E-state index is 0.277. The molecule has 2 aromatic heterocycles. The fourth-order valence-corrected chi connectivity index (χ4v) is 26.9. The number of anilines is 6. The summed E-state index contributed by atoms with van der Waals surface area (Å²) in [6, 6.07) is 66.9. The molecule has 0 spiro atoms. The fraction of sp³-hybridized carbons (Fsp3) is 0.297. The van der Waals surface area contributed by atoms with Crippen LogP contribution in [0.25, 0.3) is 76.2 Å². The van der Waals surface area contributed by atoms with Crippen molar-refractivity contribution in [1.82, 2.24) is 0 Å². The third-order valence-electron chi connectivity index (χ3n) is 19.3. The monoisotopic (exact) mass is 1080 g/mol. The Hall–Kier alpha value is -7.13. The molecule has 10 aromatic carbocycles. The first-order valence-electron chi connectivity index (χ1n) is 30.6. The van der Waals surface area contributed by atoms with Gasteiger partial charge in [0, 0.05) is 67.2 Å². The summed E-state index contributed by atoms with van der Waals surface area (Å²) in [5.41, 5.74) is 14.4. The van der Waals surface area contributed by atoms with Gasteiger partial charge in [0.25, 0.3) is 0 Å². The standard InChI is InChI=1S/C74H76N2O2Si2/c1-9-13-37-79(38-14-10-2)69-31-23-19-27-59(69)75(63-45-67-57(43-71(63)79)49-25-17-21-29-65(49)77-67)61-41-55(47(5)6)51-34-36-54-62(42-56(48(7)8)52-33-35-53(61)73(51)74(52)54)76-60-28-20-24-32-70(60)80(39-15-11-3,40-16-12-4)72-44-58-50-26-18-22-30-66(50)78-68(58)46-64(72)76/h17-36,41-48H,9-16,37-40H2,1-8H3. The summed E-state index contributed by atoms with van der Waals surface area (Å²) in [6.07, 6.45) is 9.63. The van der Waals surface area contributed by atoms with E-state index in [4.69, 9.17) is 8.83 Å². The summed E-state index contributed by atoms with van der Waals surface area (Å²) in [7, 11) is -4.67. The van der Waals surface area contributed by atoms with Crippen LogP contribution >= 0.6 is 0 Å². The minimum Gasteiger partial charge on any atom is -0.456 e. The number of benzene rings is 10. The maximum absolute atomic E-state index is 6.89. The van der Waals surface area contributed by atoms with Crippen LogP contribution in [0.1, 0.15) is 130 Å². The molecule has 0 saturated heterocycles. The lowest BCUT2D eigenvalue weighted by atomic mass is 9.84. The number of hydrogen-bond acceptors (Lipinski definition) is 4. The van der Waals surface area contributed by atoms with Gasteiger partial charge in [-0.05, 0) is 138 Å². The van der Waals surface area contributed by atoms with Crippen LogP contribution < -0.4 is 30.5 Å². The molecule has 402 valence electrons. The van der Waals surface area contributed by atoms with E-state index in [2.05, 4.69) is 223 Å². The lowest BCUT2D eigenvalue weighted by molar-refractivity contribution is 0.668. The summed E-state index contributed by atoms with van der Waals surface area (Å²) in [5, 5.41) is 19.2. The maximum Gasteiger partial charge on any atom is 0.137 e. The van der Waals surface area contributed by atoms with E-state index in [0.29, 0.717) is 0 Å². The van der Waals surface area contributed by atoms with Crippen molar-refractivity contribution in [3.05, 3.63) is 169 Å². The second-order valence-corrected chi connectivity index (χ2v) is 33.0. The first-order chi connectivity index (χ1) is 39.1. The normalized spacial score (nSPS) is 14.7. The second kappa shape index (κ2) is 19.8. The van der Waals surface area contributed by atoms with Gasteiger partial charge in [-0.3, -0.25) is 0 Å². The van der Waals surface area contributed by atoms with E-state index in [-0.39, 0.29) is 11.8 Å². The van der Waals surface area contributed by atoms with Gasteiger partial charge in [0.2, 0.25) is 0 Å². The molecule has 80 heavy (non-hydrogen) atoms. The highest BCUT2D eigenvalue weighted by Crippen LogP contribution is 2.54. The van der Waals surface area contributed by atoms with Gasteiger partial charge in [-0.2, -0.15) is 0 Å². The number of para-hydroxylation sites is 4. The van der Waals surface area contributed by atoms with E-state index in [9.17, 15) is 0 Å². The van der Waals surface area contributed by atoms with Crippen LogP contribution in [-0.4, -0.2) is 16.1 Å². The summed E-state index contributed by atoms with van der Waals surface area (Å²) in [6.45, 7) is 19.1. The Labute approximate surface area is 474 Å². The van der Waals surface area contributed by atoms with E-state index in [1.165, 1.54) is 175 Å². The average molecular weight is 1080 g/mol. The fourth-order valence-electron chi connectivity index (χ4n) is 15.4. The van der Waals surface area contributed by atoms with E-state index in [0.717, 1.165) is 22.3 Å². The molecule has 0 saturated carbocycles. The third kappa shape index (κ3) is 7.49. The highest BCUT2D eigenvalue weighted by atomic mass is 28.3. The van der Waals surface area contributed by atoms with Crippen LogP contribution in [0.3, 0.4) is 0 Å². The molecule has 4 nitrogen and oxygen atoms in total. The van der Waals surface area contributed by atoms with E-state index in [1.807, 2.05) is 0 Å². The first kappa shape index (κ1) is 51.0. The summed E-state index contributed by atoms with van der Waals surface area (Å²) in [5.74, 6) is 0.553. The van der Waals surface area contributed by atoms with Crippen LogP contribution in [0.5, 0.6) is 0 Å². The maximum atomic E-state index is 6.89. The predicted octanol–water partition coefficient (Wildman–Crippen LogP) is 20.5. The molecule has 12 aromatic rings. The Morgan fingerprint density at radius 1 is 0.325 bits per heavy atom. The van der Waals surface area contributed by atoms with Crippen LogP contribution in [0.4, 0.5) is 34.1 Å². The third-order valence-corrected chi connectivity index (χ3v) is 29.9. The molecule has 0 N–H and O–H groups in total. The Morgan fingerprint density at radius 2 is 0.688 bits per heavy atom.